The van der Waals surface area contributed by atoms with E-state index in [2.05, 4.69) is 35.7 Å². The molecule has 28 heavy (non-hydrogen) atoms. The van der Waals surface area contributed by atoms with Crippen LogP contribution >= 0.6 is 23.5 Å². The zero-order valence-electron chi connectivity index (χ0n) is 17.5. The van der Waals surface area contributed by atoms with E-state index >= 15 is 0 Å². The van der Waals surface area contributed by atoms with Crippen LogP contribution in [0.3, 0.4) is 0 Å². The van der Waals surface area contributed by atoms with Gasteiger partial charge in [-0.15, -0.1) is 0 Å². The van der Waals surface area contributed by atoms with Crippen molar-refractivity contribution < 1.29 is 9.90 Å². The zero-order chi connectivity index (χ0) is 19.6. The summed E-state index contributed by atoms with van der Waals surface area (Å²) in [7, 11) is 0. The largest absolute Gasteiger partial charge is 0.481 e. The van der Waals surface area contributed by atoms with E-state index in [1.807, 2.05) is 0 Å². The van der Waals surface area contributed by atoms with Crippen LogP contribution in [0.25, 0.3) is 0 Å². The van der Waals surface area contributed by atoms with E-state index in [-0.39, 0.29) is 0 Å². The van der Waals surface area contributed by atoms with E-state index in [1.54, 1.807) is 0 Å². The number of carboxylic acid groups (broad SMARTS) is 1. The van der Waals surface area contributed by atoms with Crippen LogP contribution in [-0.2, 0) is 4.79 Å². The first-order valence-electron chi connectivity index (χ1n) is 11.8. The first-order valence-corrected chi connectivity index (χ1v) is 13.9. The lowest BCUT2D eigenvalue weighted by Gasteiger charge is -2.29. The molecule has 2 nitrogen and oxygen atoms in total. The van der Waals surface area contributed by atoms with Crippen molar-refractivity contribution in [3.63, 3.8) is 0 Å². The highest BCUT2D eigenvalue weighted by Crippen LogP contribution is 2.55. The average Bonchev–Trinajstić information content (AvgIpc) is 3.30. The zero-order valence-corrected chi connectivity index (χ0v) is 19.2. The number of fused-ring (bicyclic) bond motifs is 2. The van der Waals surface area contributed by atoms with Crippen LogP contribution in [0.4, 0.5) is 0 Å². The van der Waals surface area contributed by atoms with Crippen LogP contribution in [0.5, 0.6) is 0 Å². The molecule has 3 aliphatic rings. The Balaban J connectivity index is 1.29. The molecule has 2 bridgehead atoms. The second kappa shape index (κ2) is 12.6. The Kier molecular flexibility index (Phi) is 10.1. The molecule has 2 heterocycles. The Morgan fingerprint density at radius 1 is 0.929 bits per heavy atom. The standard InChI is InChI=1S/C24H40O2S2/c25-24(26)14-7-2-1-6-13-20-21(23-16-15-22(20)28-23)18-27-17-9-8-12-19-10-4-3-5-11-19/h8-9,19-23H,1-7,10-18H2,(H,25,26)/b9-8+. The molecule has 0 aromatic heterocycles. The van der Waals surface area contributed by atoms with Gasteiger partial charge in [-0.3, -0.25) is 4.79 Å². The maximum absolute atomic E-state index is 10.6. The molecule has 4 heteroatoms. The Bertz CT molecular complexity index is 487. The Morgan fingerprint density at radius 3 is 2.46 bits per heavy atom. The molecule has 0 radical (unpaired) electrons. The van der Waals surface area contributed by atoms with Crippen molar-refractivity contribution in [3.05, 3.63) is 12.2 Å². The van der Waals surface area contributed by atoms with E-state index in [4.69, 9.17) is 5.11 Å². The lowest BCUT2D eigenvalue weighted by Crippen LogP contribution is -2.29. The van der Waals surface area contributed by atoms with Gasteiger partial charge in [0, 0.05) is 22.7 Å². The van der Waals surface area contributed by atoms with Crippen LogP contribution in [0.1, 0.15) is 89.9 Å². The van der Waals surface area contributed by atoms with Crippen molar-refractivity contribution in [2.45, 2.75) is 100 Å². The van der Waals surface area contributed by atoms with Crippen LogP contribution in [0.15, 0.2) is 12.2 Å². The van der Waals surface area contributed by atoms with Gasteiger partial charge >= 0.3 is 5.97 Å². The molecule has 1 saturated carbocycles. The van der Waals surface area contributed by atoms with Gasteiger partial charge in [-0.2, -0.15) is 23.5 Å². The van der Waals surface area contributed by atoms with E-state index in [0.717, 1.165) is 41.1 Å². The monoisotopic (exact) mass is 424 g/mol. The van der Waals surface area contributed by atoms with Gasteiger partial charge in [0.25, 0.3) is 0 Å². The molecule has 1 N–H and O–H groups in total. The maximum atomic E-state index is 10.6. The number of allylic oxidation sites excluding steroid dienone is 1. The van der Waals surface area contributed by atoms with Crippen molar-refractivity contribution in [2.75, 3.05) is 11.5 Å². The fourth-order valence-electron chi connectivity index (χ4n) is 5.56. The topological polar surface area (TPSA) is 37.3 Å². The molecule has 0 aromatic carbocycles. The van der Waals surface area contributed by atoms with Gasteiger partial charge in [-0.05, 0) is 55.6 Å². The second-order valence-corrected chi connectivity index (χ2v) is 11.8. The first kappa shape index (κ1) is 22.6. The number of hydrogen-bond acceptors (Lipinski definition) is 3. The highest BCUT2D eigenvalue weighted by atomic mass is 32.2. The number of rotatable bonds is 13. The van der Waals surface area contributed by atoms with Crippen LogP contribution in [0, 0.1) is 17.8 Å². The Labute approximate surface area is 181 Å². The van der Waals surface area contributed by atoms with Crippen molar-refractivity contribution in [1.29, 1.82) is 0 Å². The molecule has 2 saturated heterocycles. The molecule has 3 fully saturated rings. The van der Waals surface area contributed by atoms with Gasteiger partial charge in [-0.1, -0.05) is 63.5 Å². The molecule has 4 unspecified atom stereocenters. The minimum absolute atomic E-state index is 0.345. The fourth-order valence-corrected chi connectivity index (χ4v) is 8.88. The average molecular weight is 425 g/mol. The highest BCUT2D eigenvalue weighted by molar-refractivity contribution is 8.01. The summed E-state index contributed by atoms with van der Waals surface area (Å²) in [6, 6.07) is 0. The summed E-state index contributed by atoms with van der Waals surface area (Å²) in [6.45, 7) is 0. The minimum Gasteiger partial charge on any atom is -0.481 e. The maximum Gasteiger partial charge on any atom is 0.303 e. The van der Waals surface area contributed by atoms with Crippen molar-refractivity contribution in [3.8, 4) is 0 Å². The van der Waals surface area contributed by atoms with E-state index < -0.39 is 5.97 Å². The molecule has 0 spiro atoms. The molecular weight excluding hydrogens is 384 g/mol. The lowest BCUT2D eigenvalue weighted by molar-refractivity contribution is -0.137. The Hall–Kier alpha value is -0.0900. The third-order valence-electron chi connectivity index (χ3n) is 7.15. The smallest absolute Gasteiger partial charge is 0.303 e. The summed E-state index contributed by atoms with van der Waals surface area (Å²) in [5.41, 5.74) is 0. The molecule has 3 rings (SSSR count). The number of hydrogen-bond donors (Lipinski definition) is 1. The van der Waals surface area contributed by atoms with Crippen molar-refractivity contribution in [2.24, 2.45) is 17.8 Å². The molecule has 2 aliphatic heterocycles. The summed E-state index contributed by atoms with van der Waals surface area (Å²) < 4.78 is 0. The Morgan fingerprint density at radius 2 is 1.68 bits per heavy atom. The summed E-state index contributed by atoms with van der Waals surface area (Å²) in [4.78, 5) is 10.6. The van der Waals surface area contributed by atoms with Gasteiger partial charge in [-0.25, -0.2) is 0 Å². The predicted molar refractivity (Wildman–Crippen MR) is 124 cm³/mol. The van der Waals surface area contributed by atoms with Crippen molar-refractivity contribution in [1.82, 2.24) is 0 Å². The number of aliphatic carboxylic acids is 1. The van der Waals surface area contributed by atoms with Gasteiger partial charge in [0.05, 0.1) is 0 Å². The molecule has 0 amide bonds. The van der Waals surface area contributed by atoms with Gasteiger partial charge in [0.15, 0.2) is 0 Å². The first-order chi connectivity index (χ1) is 13.7. The fraction of sp³-hybridized carbons (Fsp3) is 0.875. The predicted octanol–water partition coefficient (Wildman–Crippen LogP) is 7.18. The highest BCUT2D eigenvalue weighted by Gasteiger charge is 2.47. The van der Waals surface area contributed by atoms with Crippen molar-refractivity contribution >= 4 is 29.5 Å². The molecular formula is C24H40O2S2. The van der Waals surface area contributed by atoms with Gasteiger partial charge in [0.1, 0.15) is 0 Å². The lowest BCUT2D eigenvalue weighted by atomic mass is 9.77. The number of thioether (sulfide) groups is 2. The second-order valence-electron chi connectivity index (χ2n) is 9.21. The van der Waals surface area contributed by atoms with E-state index in [9.17, 15) is 4.79 Å². The summed E-state index contributed by atoms with van der Waals surface area (Å²) in [5, 5.41) is 10.6. The van der Waals surface area contributed by atoms with E-state index in [1.165, 1.54) is 82.1 Å². The summed E-state index contributed by atoms with van der Waals surface area (Å²) in [6.07, 6.45) is 22.6. The number of carbonyl (C=O) groups is 1. The molecule has 1 aliphatic carbocycles. The van der Waals surface area contributed by atoms with Gasteiger partial charge in [0.2, 0.25) is 0 Å². The summed E-state index contributed by atoms with van der Waals surface area (Å²) >= 11 is 4.46. The van der Waals surface area contributed by atoms with Crippen LogP contribution < -0.4 is 0 Å². The van der Waals surface area contributed by atoms with Crippen LogP contribution in [0.2, 0.25) is 0 Å². The number of unbranched alkanes of at least 4 members (excludes halogenated alkanes) is 3. The van der Waals surface area contributed by atoms with Crippen LogP contribution in [-0.4, -0.2) is 33.1 Å². The molecule has 0 aromatic rings. The third-order valence-corrected chi connectivity index (χ3v) is 10.1. The minimum atomic E-state index is -0.644. The number of carboxylic acids is 1. The summed E-state index contributed by atoms with van der Waals surface area (Å²) in [5.74, 6) is 4.74. The quantitative estimate of drug-likeness (QED) is 0.251. The third kappa shape index (κ3) is 7.31. The SMILES string of the molecule is O=C(O)CCCCCCC1C2CCC(S2)C1CSC/C=C/CC1CCCCC1. The normalized spacial score (nSPS) is 30.4. The molecule has 160 valence electrons. The van der Waals surface area contributed by atoms with Gasteiger partial charge < -0.3 is 5.11 Å². The molecule has 4 atom stereocenters. The van der Waals surface area contributed by atoms with E-state index in [0.29, 0.717) is 6.42 Å².